The Kier molecular flexibility index (Phi) is 5.70. The first-order valence-electron chi connectivity index (χ1n) is 6.97. The number of nitrogens with one attached hydrogen (secondary N) is 1. The van der Waals surface area contributed by atoms with Gasteiger partial charge in [-0.2, -0.15) is 0 Å². The molecule has 0 amide bonds. The van der Waals surface area contributed by atoms with Crippen LogP contribution in [0.4, 0.5) is 0 Å². The summed E-state index contributed by atoms with van der Waals surface area (Å²) in [7, 11) is 1.63. The standard InChI is InChI=1S/C15H22ClNO4/c1-15(2)17-9-12(21-15)10-20-14-5-4-11(8-13(14)16)19-7-6-18-3/h4-5,8,12,17H,6-7,9-10H2,1-3H3. The number of halogens is 1. The van der Waals surface area contributed by atoms with Crippen molar-refractivity contribution in [2.24, 2.45) is 0 Å². The topological polar surface area (TPSA) is 49.0 Å². The third-order valence-corrected chi connectivity index (χ3v) is 3.40. The summed E-state index contributed by atoms with van der Waals surface area (Å²) in [5.41, 5.74) is -0.295. The fraction of sp³-hybridized carbons (Fsp3) is 0.600. The van der Waals surface area contributed by atoms with E-state index in [9.17, 15) is 0 Å². The van der Waals surface area contributed by atoms with Gasteiger partial charge in [0.1, 0.15) is 36.5 Å². The second kappa shape index (κ2) is 7.31. The van der Waals surface area contributed by atoms with E-state index in [1.165, 1.54) is 0 Å². The summed E-state index contributed by atoms with van der Waals surface area (Å²) in [6.45, 7) is 6.24. The Bertz CT molecular complexity index is 467. The van der Waals surface area contributed by atoms with Crippen LogP contribution in [0.15, 0.2) is 18.2 Å². The van der Waals surface area contributed by atoms with Crippen molar-refractivity contribution in [2.75, 3.05) is 33.5 Å². The molecule has 0 spiro atoms. The summed E-state index contributed by atoms with van der Waals surface area (Å²) in [5.74, 6) is 1.33. The molecule has 1 aliphatic heterocycles. The van der Waals surface area contributed by atoms with Crippen molar-refractivity contribution < 1.29 is 18.9 Å². The van der Waals surface area contributed by atoms with Gasteiger partial charge in [0.05, 0.1) is 11.6 Å². The van der Waals surface area contributed by atoms with Crippen molar-refractivity contribution in [3.8, 4) is 11.5 Å². The summed E-state index contributed by atoms with van der Waals surface area (Å²) in [6, 6.07) is 5.37. The molecule has 0 aromatic heterocycles. The van der Waals surface area contributed by atoms with Gasteiger partial charge in [-0.1, -0.05) is 11.6 Å². The van der Waals surface area contributed by atoms with Crippen LogP contribution in [0.5, 0.6) is 11.5 Å². The van der Waals surface area contributed by atoms with Crippen molar-refractivity contribution in [1.82, 2.24) is 5.32 Å². The fourth-order valence-corrected chi connectivity index (χ4v) is 2.29. The molecule has 1 N–H and O–H groups in total. The highest BCUT2D eigenvalue weighted by Gasteiger charge is 2.31. The van der Waals surface area contributed by atoms with Gasteiger partial charge >= 0.3 is 0 Å². The predicted molar refractivity (Wildman–Crippen MR) is 81.3 cm³/mol. The molecule has 0 aliphatic carbocycles. The second-order valence-corrected chi connectivity index (χ2v) is 5.78. The Balaban J connectivity index is 1.83. The van der Waals surface area contributed by atoms with Gasteiger partial charge in [0, 0.05) is 19.7 Å². The average Bonchev–Trinajstić information content (AvgIpc) is 2.78. The number of ether oxygens (including phenoxy) is 4. The molecule has 0 bridgehead atoms. The van der Waals surface area contributed by atoms with E-state index in [0.29, 0.717) is 36.3 Å². The van der Waals surface area contributed by atoms with Gasteiger partial charge in [-0.25, -0.2) is 0 Å². The molecule has 1 fully saturated rings. The first-order valence-corrected chi connectivity index (χ1v) is 7.35. The normalized spacial score (nSPS) is 20.5. The average molecular weight is 316 g/mol. The monoisotopic (exact) mass is 315 g/mol. The lowest BCUT2D eigenvalue weighted by Crippen LogP contribution is -2.33. The van der Waals surface area contributed by atoms with Crippen LogP contribution in [0.1, 0.15) is 13.8 Å². The molecule has 21 heavy (non-hydrogen) atoms. The van der Waals surface area contributed by atoms with Crippen molar-refractivity contribution in [1.29, 1.82) is 0 Å². The van der Waals surface area contributed by atoms with Crippen molar-refractivity contribution in [3.63, 3.8) is 0 Å². The van der Waals surface area contributed by atoms with E-state index in [-0.39, 0.29) is 11.8 Å². The molecule has 1 aromatic carbocycles. The van der Waals surface area contributed by atoms with E-state index in [1.807, 2.05) is 19.9 Å². The summed E-state index contributed by atoms with van der Waals surface area (Å²) >= 11 is 6.19. The number of rotatable bonds is 7. The Hall–Kier alpha value is -1.01. The Morgan fingerprint density at radius 3 is 2.76 bits per heavy atom. The van der Waals surface area contributed by atoms with Crippen LogP contribution in [0, 0.1) is 0 Å². The smallest absolute Gasteiger partial charge is 0.138 e. The zero-order valence-electron chi connectivity index (χ0n) is 12.6. The molecule has 0 radical (unpaired) electrons. The van der Waals surface area contributed by atoms with E-state index in [2.05, 4.69) is 5.32 Å². The van der Waals surface area contributed by atoms with E-state index >= 15 is 0 Å². The number of methoxy groups -OCH3 is 1. The third kappa shape index (κ3) is 5.04. The maximum Gasteiger partial charge on any atom is 0.138 e. The van der Waals surface area contributed by atoms with Gasteiger partial charge in [0.25, 0.3) is 0 Å². The minimum atomic E-state index is -0.295. The van der Waals surface area contributed by atoms with Crippen LogP contribution in [0.2, 0.25) is 5.02 Å². The van der Waals surface area contributed by atoms with Gasteiger partial charge in [-0.3, -0.25) is 5.32 Å². The fourth-order valence-electron chi connectivity index (χ4n) is 2.07. The summed E-state index contributed by atoms with van der Waals surface area (Å²) in [5, 5.41) is 3.79. The lowest BCUT2D eigenvalue weighted by atomic mass is 10.3. The van der Waals surface area contributed by atoms with Gasteiger partial charge in [0.15, 0.2) is 0 Å². The molecule has 5 nitrogen and oxygen atoms in total. The van der Waals surface area contributed by atoms with E-state index < -0.39 is 0 Å². The molecular formula is C15H22ClNO4. The van der Waals surface area contributed by atoms with Crippen LogP contribution in [0.25, 0.3) is 0 Å². The van der Waals surface area contributed by atoms with Gasteiger partial charge < -0.3 is 18.9 Å². The van der Waals surface area contributed by atoms with Crippen molar-refractivity contribution in [3.05, 3.63) is 23.2 Å². The quantitative estimate of drug-likeness (QED) is 0.783. The predicted octanol–water partition coefficient (Wildman–Crippen LogP) is 2.47. The molecule has 1 atom stereocenters. The highest BCUT2D eigenvalue weighted by atomic mass is 35.5. The molecule has 1 heterocycles. The number of hydrogen-bond donors (Lipinski definition) is 1. The van der Waals surface area contributed by atoms with Gasteiger partial charge in [-0.05, 0) is 26.0 Å². The van der Waals surface area contributed by atoms with Crippen LogP contribution < -0.4 is 14.8 Å². The largest absolute Gasteiger partial charge is 0.491 e. The lowest BCUT2D eigenvalue weighted by Gasteiger charge is -2.19. The molecule has 2 rings (SSSR count). The lowest BCUT2D eigenvalue weighted by molar-refractivity contribution is -0.0383. The molecule has 1 aliphatic rings. The highest BCUT2D eigenvalue weighted by molar-refractivity contribution is 6.32. The van der Waals surface area contributed by atoms with Gasteiger partial charge in [0.2, 0.25) is 0 Å². The van der Waals surface area contributed by atoms with Crippen LogP contribution in [-0.2, 0) is 9.47 Å². The van der Waals surface area contributed by atoms with E-state index in [0.717, 1.165) is 6.54 Å². The number of hydrogen-bond acceptors (Lipinski definition) is 5. The van der Waals surface area contributed by atoms with Crippen LogP contribution in [0.3, 0.4) is 0 Å². The van der Waals surface area contributed by atoms with Gasteiger partial charge in [-0.15, -0.1) is 0 Å². The minimum absolute atomic E-state index is 0.0219. The minimum Gasteiger partial charge on any atom is -0.491 e. The SMILES string of the molecule is COCCOc1ccc(OCC2CNC(C)(C)O2)c(Cl)c1. The molecule has 118 valence electrons. The van der Waals surface area contributed by atoms with Crippen LogP contribution in [-0.4, -0.2) is 45.3 Å². The van der Waals surface area contributed by atoms with Crippen molar-refractivity contribution in [2.45, 2.75) is 25.7 Å². The zero-order chi connectivity index (χ0) is 15.3. The Morgan fingerprint density at radius 1 is 1.33 bits per heavy atom. The molecule has 1 saturated heterocycles. The van der Waals surface area contributed by atoms with Crippen molar-refractivity contribution >= 4 is 11.6 Å². The summed E-state index contributed by atoms with van der Waals surface area (Å²) in [6.07, 6.45) is 0.0219. The van der Waals surface area contributed by atoms with E-state index in [1.54, 1.807) is 19.2 Å². The molecule has 6 heteroatoms. The summed E-state index contributed by atoms with van der Waals surface area (Å²) in [4.78, 5) is 0. The Morgan fingerprint density at radius 2 is 2.14 bits per heavy atom. The maximum atomic E-state index is 6.19. The third-order valence-electron chi connectivity index (χ3n) is 3.10. The zero-order valence-corrected chi connectivity index (χ0v) is 13.4. The first kappa shape index (κ1) is 16.4. The summed E-state index contributed by atoms with van der Waals surface area (Å²) < 4.78 is 21.9. The molecule has 1 aromatic rings. The van der Waals surface area contributed by atoms with E-state index in [4.69, 9.17) is 30.5 Å². The van der Waals surface area contributed by atoms with Crippen LogP contribution >= 0.6 is 11.6 Å². The maximum absolute atomic E-state index is 6.19. The molecular weight excluding hydrogens is 294 g/mol. The Labute approximate surface area is 130 Å². The number of benzene rings is 1. The molecule has 0 saturated carbocycles. The molecule has 1 unspecified atom stereocenters. The first-order chi connectivity index (χ1) is 10.00. The highest BCUT2D eigenvalue weighted by Crippen LogP contribution is 2.29. The second-order valence-electron chi connectivity index (χ2n) is 5.38.